The van der Waals surface area contributed by atoms with Crippen LogP contribution in [-0.2, 0) is 11.5 Å². The second kappa shape index (κ2) is 8.68. The van der Waals surface area contributed by atoms with Crippen LogP contribution in [0, 0.1) is 5.41 Å². The minimum atomic E-state index is -0.548. The molecule has 0 atom stereocenters. The smallest absolute Gasteiger partial charge is 0.144 e. The first-order valence-corrected chi connectivity index (χ1v) is 13.0. The fourth-order valence-corrected chi connectivity index (χ4v) is 4.08. The number of hydrogen-bond donors (Lipinski definition) is 0. The molecule has 0 saturated carbocycles. The molecule has 0 bridgehead atoms. The summed E-state index contributed by atoms with van der Waals surface area (Å²) in [5.74, 6) is 1.91. The molecule has 2 aromatic heterocycles. The van der Waals surface area contributed by atoms with Crippen molar-refractivity contribution in [3.05, 3.63) is 18.5 Å². The number of ether oxygens (including phenoxy) is 2. The van der Waals surface area contributed by atoms with Gasteiger partial charge in [0.15, 0.2) is 0 Å². The van der Waals surface area contributed by atoms with Crippen molar-refractivity contribution < 1.29 is 9.47 Å². The van der Waals surface area contributed by atoms with Crippen LogP contribution in [0.4, 0.5) is 0 Å². The van der Waals surface area contributed by atoms with Gasteiger partial charge in [0.25, 0.3) is 0 Å². The highest BCUT2D eigenvalue weighted by Crippen LogP contribution is 2.34. The van der Waals surface area contributed by atoms with E-state index >= 15 is 0 Å². The van der Waals surface area contributed by atoms with Crippen molar-refractivity contribution in [3.63, 3.8) is 0 Å². The van der Waals surface area contributed by atoms with Crippen LogP contribution in [0.25, 0.3) is 11.0 Å². The van der Waals surface area contributed by atoms with Crippen LogP contribution < -0.4 is 10.2 Å². The van der Waals surface area contributed by atoms with Crippen molar-refractivity contribution in [1.82, 2.24) is 14.5 Å². The molecular formula is C21H34BN3O2S. The number of fused-ring (bicyclic) bond motifs is 1. The van der Waals surface area contributed by atoms with Crippen molar-refractivity contribution in [2.24, 2.45) is 5.41 Å². The Balaban J connectivity index is 1.68. The molecule has 0 spiro atoms. The first kappa shape index (κ1) is 21.5. The fraction of sp³-hybridized carbons (Fsp3) is 0.667. The Labute approximate surface area is 172 Å². The maximum Gasteiger partial charge on any atom is 0.144 e. The van der Waals surface area contributed by atoms with E-state index < -0.39 is 10.0 Å². The molecule has 28 heavy (non-hydrogen) atoms. The number of pyridine rings is 1. The van der Waals surface area contributed by atoms with Gasteiger partial charge in [-0.05, 0) is 57.8 Å². The molecule has 0 unspecified atom stereocenters. The highest BCUT2D eigenvalue weighted by molar-refractivity contribution is 8.32. The summed E-state index contributed by atoms with van der Waals surface area (Å²) < 4.78 is 14.1. The van der Waals surface area contributed by atoms with Gasteiger partial charge in [0, 0.05) is 23.6 Å². The average molecular weight is 403 g/mol. The van der Waals surface area contributed by atoms with Gasteiger partial charge in [-0.3, -0.25) is 0 Å². The van der Waals surface area contributed by atoms with Crippen molar-refractivity contribution in [2.75, 3.05) is 57.9 Å². The average Bonchev–Trinajstić information content (AvgIpc) is 2.96. The van der Waals surface area contributed by atoms with E-state index in [1.165, 1.54) is 0 Å². The van der Waals surface area contributed by atoms with Crippen LogP contribution in [0.1, 0.15) is 19.8 Å². The van der Waals surface area contributed by atoms with Gasteiger partial charge in [-0.1, -0.05) is 12.4 Å². The quantitative estimate of drug-likeness (QED) is 0.502. The lowest BCUT2D eigenvalue weighted by molar-refractivity contribution is 0.0810. The molecule has 1 aliphatic heterocycles. The zero-order valence-corrected chi connectivity index (χ0v) is 18.8. The lowest BCUT2D eigenvalue weighted by Gasteiger charge is -2.37. The number of hydrogen-bond acceptors (Lipinski definition) is 4. The Hall–Kier alpha value is -1.18. The molecule has 1 saturated heterocycles. The number of nitrogens with zero attached hydrogens (tertiary/aromatic N) is 3. The SMILES string of the molecule is [B]c1cn(COCCS(C)(C)C)c2nccc(OCC3(C)CCN(C)CC3)c12. The van der Waals surface area contributed by atoms with Crippen molar-refractivity contribution in [3.8, 4) is 5.75 Å². The number of rotatable bonds is 8. The lowest BCUT2D eigenvalue weighted by atomic mass is 9.81. The zero-order chi connectivity index (χ0) is 20.4. The summed E-state index contributed by atoms with van der Waals surface area (Å²) in [6.07, 6.45) is 12.9. The molecule has 0 N–H and O–H groups in total. The van der Waals surface area contributed by atoms with Gasteiger partial charge in [-0.2, -0.15) is 0 Å². The third-order valence-electron chi connectivity index (χ3n) is 5.59. The topological polar surface area (TPSA) is 39.5 Å². The van der Waals surface area contributed by atoms with Crippen LogP contribution in [0.2, 0.25) is 0 Å². The van der Waals surface area contributed by atoms with Crippen molar-refractivity contribution in [1.29, 1.82) is 0 Å². The zero-order valence-electron chi connectivity index (χ0n) is 18.0. The van der Waals surface area contributed by atoms with E-state index in [1.54, 1.807) is 6.20 Å². The summed E-state index contributed by atoms with van der Waals surface area (Å²) in [6, 6.07) is 1.92. The van der Waals surface area contributed by atoms with Crippen LogP contribution in [0.3, 0.4) is 0 Å². The minimum Gasteiger partial charge on any atom is -0.492 e. The summed E-state index contributed by atoms with van der Waals surface area (Å²) in [4.78, 5) is 6.91. The number of aromatic nitrogens is 2. The van der Waals surface area contributed by atoms with Crippen LogP contribution >= 0.6 is 10.0 Å². The Morgan fingerprint density at radius 1 is 1.25 bits per heavy atom. The molecule has 3 heterocycles. The Bertz CT molecular complexity index is 795. The summed E-state index contributed by atoms with van der Waals surface area (Å²) in [5.41, 5.74) is 1.72. The van der Waals surface area contributed by atoms with Gasteiger partial charge in [-0.25, -0.2) is 15.0 Å². The van der Waals surface area contributed by atoms with Gasteiger partial charge in [0.05, 0.1) is 18.6 Å². The molecule has 5 nitrogen and oxygen atoms in total. The van der Waals surface area contributed by atoms with Gasteiger partial charge in [0.1, 0.15) is 26.0 Å². The van der Waals surface area contributed by atoms with Crippen LogP contribution in [-0.4, -0.2) is 80.2 Å². The molecule has 0 amide bonds. The van der Waals surface area contributed by atoms with Gasteiger partial charge in [0.2, 0.25) is 0 Å². The number of piperidine rings is 1. The fourth-order valence-electron chi connectivity index (χ4n) is 3.46. The lowest BCUT2D eigenvalue weighted by Crippen LogP contribution is -2.39. The normalized spacial score (nSPS) is 18.5. The van der Waals surface area contributed by atoms with E-state index in [1.807, 2.05) is 16.8 Å². The molecule has 3 rings (SSSR count). The largest absolute Gasteiger partial charge is 0.492 e. The molecule has 2 aromatic rings. The second-order valence-corrected chi connectivity index (χ2v) is 13.9. The first-order valence-electron chi connectivity index (χ1n) is 9.95. The van der Waals surface area contributed by atoms with Gasteiger partial charge >= 0.3 is 0 Å². The standard InChI is InChI=1S/C21H34BN3O2S/c1-21(7-10-24(2)11-8-21)15-27-18-6-9-23-20-19(18)17(22)14-25(20)16-26-12-13-28(3,4)5/h6,9,14H,7-8,10-13,15-16H2,1-5H3. The first-order chi connectivity index (χ1) is 13.2. The van der Waals surface area contributed by atoms with Crippen LogP contribution in [0.5, 0.6) is 5.75 Å². The van der Waals surface area contributed by atoms with E-state index in [0.29, 0.717) is 18.8 Å². The maximum atomic E-state index is 6.31. The summed E-state index contributed by atoms with van der Waals surface area (Å²) in [6.45, 7) is 6.48. The molecule has 0 aliphatic carbocycles. The van der Waals surface area contributed by atoms with Crippen molar-refractivity contribution in [2.45, 2.75) is 26.5 Å². The Morgan fingerprint density at radius 2 is 1.96 bits per heavy atom. The summed E-state index contributed by atoms with van der Waals surface area (Å²) >= 11 is 0. The maximum absolute atomic E-state index is 6.31. The molecule has 154 valence electrons. The molecule has 0 aromatic carbocycles. The molecule has 2 radical (unpaired) electrons. The van der Waals surface area contributed by atoms with E-state index in [0.717, 1.165) is 55.1 Å². The highest BCUT2D eigenvalue weighted by Gasteiger charge is 2.30. The minimum absolute atomic E-state index is 0.206. The third kappa shape index (κ3) is 5.46. The van der Waals surface area contributed by atoms with E-state index in [9.17, 15) is 0 Å². The van der Waals surface area contributed by atoms with Gasteiger partial charge < -0.3 is 18.9 Å². The highest BCUT2D eigenvalue weighted by atomic mass is 32.3. The van der Waals surface area contributed by atoms with Crippen LogP contribution in [0.15, 0.2) is 18.5 Å². The molecule has 1 aliphatic rings. The monoisotopic (exact) mass is 403 g/mol. The summed E-state index contributed by atoms with van der Waals surface area (Å²) in [7, 11) is 7.95. The van der Waals surface area contributed by atoms with E-state index in [4.69, 9.17) is 17.3 Å². The number of likely N-dealkylation sites (tertiary alicyclic amines) is 1. The molecule has 1 fully saturated rings. The van der Waals surface area contributed by atoms with E-state index in [2.05, 4.69) is 42.6 Å². The third-order valence-corrected chi connectivity index (χ3v) is 6.98. The Kier molecular flexibility index (Phi) is 6.67. The second-order valence-electron chi connectivity index (χ2n) is 9.30. The van der Waals surface area contributed by atoms with Crippen molar-refractivity contribution >= 4 is 34.4 Å². The van der Waals surface area contributed by atoms with E-state index in [-0.39, 0.29) is 5.41 Å². The predicted molar refractivity (Wildman–Crippen MR) is 122 cm³/mol. The molecular weight excluding hydrogens is 369 g/mol. The summed E-state index contributed by atoms with van der Waals surface area (Å²) in [5, 5.41) is 0.893. The predicted octanol–water partition coefficient (Wildman–Crippen LogP) is 2.61. The molecule has 7 heteroatoms. The van der Waals surface area contributed by atoms with Gasteiger partial charge in [-0.15, -0.1) is 0 Å². The Morgan fingerprint density at radius 3 is 2.64 bits per heavy atom.